The Morgan fingerprint density at radius 1 is 1.19 bits per heavy atom. The number of thiazole rings is 1. The first-order valence-corrected chi connectivity index (χ1v) is 11.5. The molecule has 1 aromatic heterocycles. The van der Waals surface area contributed by atoms with Gasteiger partial charge < -0.3 is 25.2 Å². The third-order valence-electron chi connectivity index (χ3n) is 5.66. The SMILES string of the molecule is C[C@@H](O)CNC(c1cnc(NC2(c3ccc4c(c3)OCO4)CC2)s1)c1ccccc1Cl. The highest BCUT2D eigenvalue weighted by molar-refractivity contribution is 7.15. The number of hydrogen-bond acceptors (Lipinski definition) is 7. The molecule has 2 heterocycles. The first-order chi connectivity index (χ1) is 15.0. The van der Waals surface area contributed by atoms with Crippen molar-refractivity contribution in [2.45, 2.75) is 37.5 Å². The summed E-state index contributed by atoms with van der Waals surface area (Å²) < 4.78 is 11.0. The van der Waals surface area contributed by atoms with Gasteiger partial charge in [-0.05, 0) is 49.1 Å². The molecule has 2 aromatic carbocycles. The number of nitrogens with zero attached hydrogens (tertiary/aromatic N) is 1. The Kier molecular flexibility index (Phi) is 5.52. The molecule has 0 radical (unpaired) electrons. The lowest BCUT2D eigenvalue weighted by Gasteiger charge is -2.20. The number of rotatable bonds is 8. The number of aliphatic hydroxyl groups is 1. The monoisotopic (exact) mass is 457 g/mol. The van der Waals surface area contributed by atoms with Crippen LogP contribution in [-0.4, -0.2) is 29.5 Å². The summed E-state index contributed by atoms with van der Waals surface area (Å²) in [6, 6.07) is 13.8. The van der Waals surface area contributed by atoms with Crippen molar-refractivity contribution in [3.8, 4) is 11.5 Å². The van der Waals surface area contributed by atoms with Crippen molar-refractivity contribution in [1.29, 1.82) is 0 Å². The molecule has 2 atom stereocenters. The summed E-state index contributed by atoms with van der Waals surface area (Å²) in [5.74, 6) is 1.59. The molecule has 6 nitrogen and oxygen atoms in total. The largest absolute Gasteiger partial charge is 0.454 e. The van der Waals surface area contributed by atoms with Crippen LogP contribution >= 0.6 is 22.9 Å². The molecule has 1 aliphatic carbocycles. The molecule has 0 spiro atoms. The zero-order valence-electron chi connectivity index (χ0n) is 17.1. The third kappa shape index (κ3) is 4.23. The Morgan fingerprint density at radius 3 is 2.77 bits per heavy atom. The minimum atomic E-state index is -0.462. The number of halogens is 1. The van der Waals surface area contributed by atoms with Gasteiger partial charge in [-0.2, -0.15) is 0 Å². The molecule has 162 valence electrons. The predicted molar refractivity (Wildman–Crippen MR) is 122 cm³/mol. The first-order valence-electron chi connectivity index (χ1n) is 10.3. The highest BCUT2D eigenvalue weighted by Crippen LogP contribution is 2.51. The van der Waals surface area contributed by atoms with Crippen molar-refractivity contribution in [3.05, 3.63) is 69.7 Å². The van der Waals surface area contributed by atoms with Gasteiger partial charge in [-0.15, -0.1) is 11.3 Å². The number of ether oxygens (including phenoxy) is 2. The third-order valence-corrected chi connectivity index (χ3v) is 6.98. The van der Waals surface area contributed by atoms with E-state index < -0.39 is 6.10 Å². The first kappa shape index (κ1) is 20.6. The predicted octanol–water partition coefficient (Wildman–Crippen LogP) is 4.69. The molecular formula is C23H24ClN3O3S. The summed E-state index contributed by atoms with van der Waals surface area (Å²) in [6.07, 6.45) is 3.49. The summed E-state index contributed by atoms with van der Waals surface area (Å²) >= 11 is 8.08. The number of aliphatic hydroxyl groups excluding tert-OH is 1. The van der Waals surface area contributed by atoms with E-state index >= 15 is 0 Å². The molecular weight excluding hydrogens is 434 g/mol. The molecule has 1 saturated carbocycles. The summed E-state index contributed by atoms with van der Waals surface area (Å²) in [5.41, 5.74) is 2.03. The average molecular weight is 458 g/mol. The molecule has 8 heteroatoms. The molecule has 3 aromatic rings. The van der Waals surface area contributed by atoms with Crippen molar-refractivity contribution < 1.29 is 14.6 Å². The fraction of sp³-hybridized carbons (Fsp3) is 0.348. The van der Waals surface area contributed by atoms with Crippen LogP contribution in [0.3, 0.4) is 0 Å². The Labute approximate surface area is 190 Å². The molecule has 1 fully saturated rings. The highest BCUT2D eigenvalue weighted by atomic mass is 35.5. The van der Waals surface area contributed by atoms with E-state index in [0.717, 1.165) is 39.9 Å². The highest BCUT2D eigenvalue weighted by Gasteiger charge is 2.45. The topological polar surface area (TPSA) is 75.6 Å². The summed E-state index contributed by atoms with van der Waals surface area (Å²) in [5, 5.41) is 18.4. The van der Waals surface area contributed by atoms with Crippen LogP contribution in [-0.2, 0) is 5.54 Å². The fourth-order valence-corrected chi connectivity index (χ4v) is 5.10. The quantitative estimate of drug-likeness (QED) is 0.455. The van der Waals surface area contributed by atoms with Crippen molar-refractivity contribution >= 4 is 28.1 Å². The Bertz CT molecular complexity index is 1080. The van der Waals surface area contributed by atoms with E-state index in [4.69, 9.17) is 21.1 Å². The molecule has 0 bridgehead atoms. The van der Waals surface area contributed by atoms with E-state index in [1.165, 1.54) is 5.56 Å². The Hall–Kier alpha value is -2.32. The van der Waals surface area contributed by atoms with Crippen molar-refractivity contribution in [1.82, 2.24) is 10.3 Å². The molecule has 1 unspecified atom stereocenters. The second kappa shape index (κ2) is 8.31. The van der Waals surface area contributed by atoms with Crippen LogP contribution in [0, 0.1) is 0 Å². The number of nitrogens with one attached hydrogen (secondary N) is 2. The lowest BCUT2D eigenvalue weighted by molar-refractivity contribution is 0.174. The van der Waals surface area contributed by atoms with Crippen molar-refractivity contribution in [3.63, 3.8) is 0 Å². The van der Waals surface area contributed by atoms with Gasteiger partial charge in [-0.1, -0.05) is 35.9 Å². The van der Waals surface area contributed by atoms with E-state index in [0.29, 0.717) is 11.6 Å². The van der Waals surface area contributed by atoms with E-state index in [1.54, 1.807) is 18.3 Å². The van der Waals surface area contributed by atoms with Gasteiger partial charge in [0.2, 0.25) is 6.79 Å². The maximum Gasteiger partial charge on any atom is 0.231 e. The summed E-state index contributed by atoms with van der Waals surface area (Å²) in [7, 11) is 0. The Morgan fingerprint density at radius 2 is 2.00 bits per heavy atom. The minimum absolute atomic E-state index is 0.122. The summed E-state index contributed by atoms with van der Waals surface area (Å²) in [4.78, 5) is 5.69. The zero-order valence-corrected chi connectivity index (χ0v) is 18.7. The number of benzene rings is 2. The molecule has 0 saturated heterocycles. The zero-order chi connectivity index (χ0) is 21.4. The van der Waals surface area contributed by atoms with Crippen LogP contribution in [0.2, 0.25) is 5.02 Å². The van der Waals surface area contributed by atoms with Crippen LogP contribution in [0.4, 0.5) is 5.13 Å². The molecule has 31 heavy (non-hydrogen) atoms. The summed E-state index contributed by atoms with van der Waals surface area (Å²) in [6.45, 7) is 2.49. The number of fused-ring (bicyclic) bond motifs is 1. The van der Waals surface area contributed by atoms with E-state index in [1.807, 2.05) is 36.5 Å². The average Bonchev–Trinajstić information content (AvgIpc) is 3.16. The fourth-order valence-electron chi connectivity index (χ4n) is 3.85. The number of hydrogen-bond donors (Lipinski definition) is 3. The van der Waals surface area contributed by atoms with Gasteiger partial charge >= 0.3 is 0 Å². The Balaban J connectivity index is 1.38. The second-order valence-corrected chi connectivity index (χ2v) is 9.52. The molecule has 5 rings (SSSR count). The van der Waals surface area contributed by atoms with E-state index in [2.05, 4.69) is 27.8 Å². The van der Waals surface area contributed by atoms with Gasteiger partial charge in [0.05, 0.1) is 17.7 Å². The number of anilines is 1. The van der Waals surface area contributed by atoms with E-state index in [9.17, 15) is 5.11 Å². The van der Waals surface area contributed by atoms with Gasteiger partial charge in [0, 0.05) is 22.6 Å². The van der Waals surface area contributed by atoms with E-state index in [-0.39, 0.29) is 18.4 Å². The molecule has 3 N–H and O–H groups in total. The maximum atomic E-state index is 9.78. The van der Waals surface area contributed by atoms with Crippen LogP contribution in [0.15, 0.2) is 48.7 Å². The normalized spacial score (nSPS) is 17.9. The van der Waals surface area contributed by atoms with Crippen molar-refractivity contribution in [2.24, 2.45) is 0 Å². The maximum absolute atomic E-state index is 9.78. The minimum Gasteiger partial charge on any atom is -0.454 e. The van der Waals surface area contributed by atoms with Gasteiger partial charge in [0.15, 0.2) is 16.6 Å². The van der Waals surface area contributed by atoms with Gasteiger partial charge in [0.1, 0.15) is 0 Å². The molecule has 0 amide bonds. The van der Waals surface area contributed by atoms with Crippen molar-refractivity contribution in [2.75, 3.05) is 18.7 Å². The lowest BCUT2D eigenvalue weighted by Crippen LogP contribution is -2.29. The van der Waals surface area contributed by atoms with Crippen LogP contribution in [0.25, 0.3) is 0 Å². The van der Waals surface area contributed by atoms with Gasteiger partial charge in [-0.25, -0.2) is 4.98 Å². The molecule has 2 aliphatic rings. The smallest absolute Gasteiger partial charge is 0.231 e. The second-order valence-electron chi connectivity index (χ2n) is 8.05. The van der Waals surface area contributed by atoms with Crippen LogP contribution < -0.4 is 20.1 Å². The molecule has 1 aliphatic heterocycles. The lowest BCUT2D eigenvalue weighted by atomic mass is 10.0. The standard InChI is InChI=1S/C23H24ClN3O3S/c1-14(28)11-25-21(16-4-2-3-5-17(16)24)20-12-26-22(31-20)27-23(8-9-23)15-6-7-18-19(10-15)30-13-29-18/h2-7,10,12,14,21,25,28H,8-9,11,13H2,1H3,(H,26,27)/t14-,21?/m1/s1. The van der Waals surface area contributed by atoms with Crippen LogP contribution in [0.5, 0.6) is 11.5 Å². The van der Waals surface area contributed by atoms with Crippen LogP contribution in [0.1, 0.15) is 41.8 Å². The van der Waals surface area contributed by atoms with Gasteiger partial charge in [0.25, 0.3) is 0 Å². The van der Waals surface area contributed by atoms with Gasteiger partial charge in [-0.3, -0.25) is 0 Å². The number of aromatic nitrogens is 1.